The van der Waals surface area contributed by atoms with Crippen LogP contribution in [0.15, 0.2) is 145 Å². The van der Waals surface area contributed by atoms with Crippen LogP contribution < -0.4 is 33.2 Å². The molecule has 28 heteroatoms. The van der Waals surface area contributed by atoms with E-state index in [0.717, 1.165) is 195 Å². The first kappa shape index (κ1) is 92.0. The molecular weight excluding hydrogens is 1710 g/mol. The predicted molar refractivity (Wildman–Crippen MR) is 495 cm³/mol. The van der Waals surface area contributed by atoms with E-state index in [2.05, 4.69) is 39.7 Å². The first-order valence-corrected chi connectivity index (χ1v) is 46.3. The van der Waals surface area contributed by atoms with Crippen molar-refractivity contribution in [1.29, 1.82) is 0 Å². The lowest BCUT2D eigenvalue weighted by Crippen LogP contribution is -2.52. The van der Waals surface area contributed by atoms with E-state index >= 15 is 0 Å². The minimum atomic E-state index is 0.0708. The Balaban J connectivity index is 0.000000147. The van der Waals surface area contributed by atoms with Crippen LogP contribution in [0, 0.1) is 42.9 Å². The molecule has 11 aromatic rings. The molecule has 10 heterocycles. The van der Waals surface area contributed by atoms with Crippen molar-refractivity contribution in [2.24, 2.45) is 22.2 Å². The second-order valence-corrected chi connectivity index (χ2v) is 37.5. The van der Waals surface area contributed by atoms with Crippen LogP contribution in [0.25, 0.3) is 32.7 Å². The number of carbonyl (C=O) groups excluding carboxylic acids is 4. The Morgan fingerprint density at radius 1 is 0.433 bits per heavy atom. The highest BCUT2D eigenvalue weighted by Crippen LogP contribution is 2.44. The first-order valence-electron chi connectivity index (χ1n) is 43.9. The standard InChI is InChI=1S/C35H37Cl2N3O4.C32H38ClN3O6.C32H34ClN3O4S/c1-23-14-25(4-7-30(23)36)16-27(41)17-26-5-6-28(18-31(26)37)44-34-29-15-24(2)33(19-32(29)38-22-39-34)43-13-3-10-40-11-8-35(9-12-40)20-42-21-35;1-21(2)13-23(37)14-22-6-7-24(15-26(22)33)42-31-25-16-28(39-3)29(17-27(25)34-20-35-31)41-12-4-5-30(38)36-10-8-32(9-11-36)18-40-19-32;1-22-13-27-29(17-30(22)39-11-2-8-36-9-6-32(7-10-36)19-38-20-32)34-21-35-31(27)40-26-4-3-24(28(33)16-26)15-25(37)14-23-5-12-41-18-23/h4-7,14-15,18-19,22H,3,8-13,16-17,20-21H2,1-2H3;6-7,15-17,20-21H,4-5,8-14,18-19H2,1-3H3;3-5,12-13,16-18,21H,2,6-11,14-15,19-20H2,1H3. The van der Waals surface area contributed by atoms with E-state index in [1.807, 2.05) is 123 Å². The second-order valence-electron chi connectivity index (χ2n) is 35.1. The van der Waals surface area contributed by atoms with Gasteiger partial charge in [0.15, 0.2) is 11.5 Å². The van der Waals surface area contributed by atoms with Crippen molar-refractivity contribution in [2.75, 3.05) is 119 Å². The van der Waals surface area contributed by atoms with Crippen molar-refractivity contribution in [3.8, 4) is 57.9 Å². The number of halogens is 4. The van der Waals surface area contributed by atoms with Gasteiger partial charge in [0.1, 0.15) is 65.1 Å². The van der Waals surface area contributed by atoms with E-state index in [9.17, 15) is 19.2 Å². The molecule has 0 radical (unpaired) electrons. The van der Waals surface area contributed by atoms with Crippen LogP contribution >= 0.6 is 57.7 Å². The molecule has 0 saturated carbocycles. The average molecular weight is 1820 g/mol. The van der Waals surface area contributed by atoms with E-state index in [4.69, 9.17) is 93.8 Å². The minimum absolute atomic E-state index is 0.0708. The highest BCUT2D eigenvalue weighted by Gasteiger charge is 2.44. The molecule has 6 aliphatic rings. The van der Waals surface area contributed by atoms with Gasteiger partial charge in [0.25, 0.3) is 0 Å². The molecular formula is C99H109Cl4N9O14S. The molecule has 0 bridgehead atoms. The maximum absolute atomic E-state index is 12.7. The second kappa shape index (κ2) is 42.7. The zero-order chi connectivity index (χ0) is 88.6. The molecule has 668 valence electrons. The Labute approximate surface area is 765 Å². The van der Waals surface area contributed by atoms with Crippen LogP contribution in [0.4, 0.5) is 0 Å². The zero-order valence-corrected chi connectivity index (χ0v) is 76.8. The molecule has 0 unspecified atom stereocenters. The quantitative estimate of drug-likeness (QED) is 0.0340. The first-order chi connectivity index (χ1) is 61.5. The van der Waals surface area contributed by atoms with Crippen LogP contribution in [-0.2, 0) is 65.5 Å². The van der Waals surface area contributed by atoms with Gasteiger partial charge in [-0.2, -0.15) is 11.3 Å². The Kier molecular flexibility index (Phi) is 30.9. The van der Waals surface area contributed by atoms with Crippen molar-refractivity contribution >= 4 is 114 Å². The molecule has 23 nitrogen and oxygen atoms in total. The zero-order valence-electron chi connectivity index (χ0n) is 72.9. The molecule has 3 spiro atoms. The van der Waals surface area contributed by atoms with Crippen LogP contribution in [0.3, 0.4) is 0 Å². The number of fused-ring (bicyclic) bond motifs is 3. The van der Waals surface area contributed by atoms with Crippen LogP contribution in [-0.4, -0.2) is 187 Å². The van der Waals surface area contributed by atoms with Crippen molar-refractivity contribution in [3.05, 3.63) is 210 Å². The molecule has 0 N–H and O–H groups in total. The molecule has 0 atom stereocenters. The third-order valence-corrected chi connectivity index (χ3v) is 27.0. The summed E-state index contributed by atoms with van der Waals surface area (Å²) in [6.07, 6.45) is 16.4. The molecule has 6 fully saturated rings. The predicted octanol–water partition coefficient (Wildman–Crippen LogP) is 20.3. The molecule has 17 rings (SSSR count). The minimum Gasteiger partial charge on any atom is -0.493 e. The van der Waals surface area contributed by atoms with Gasteiger partial charge in [0.2, 0.25) is 23.5 Å². The van der Waals surface area contributed by atoms with Crippen molar-refractivity contribution in [1.82, 2.24) is 44.6 Å². The Morgan fingerprint density at radius 3 is 1.26 bits per heavy atom. The normalized spacial score (nSPS) is 16.2. The maximum atomic E-state index is 12.7. The summed E-state index contributed by atoms with van der Waals surface area (Å²) in [6.45, 7) is 25.4. The monoisotopic (exact) mass is 1820 g/mol. The number of nitrogens with zero attached hydrogens (tertiary/aromatic N) is 9. The third kappa shape index (κ3) is 24.3. The molecule has 4 aromatic heterocycles. The number of ketones is 3. The number of amides is 1. The van der Waals surface area contributed by atoms with Gasteiger partial charge in [-0.05, 0) is 233 Å². The van der Waals surface area contributed by atoms with Crippen LogP contribution in [0.1, 0.15) is 129 Å². The van der Waals surface area contributed by atoms with Crippen molar-refractivity contribution in [3.63, 3.8) is 0 Å². The third-order valence-electron chi connectivity index (χ3n) is 24.8. The fraction of sp³-hybridized carbons (Fsp3) is 0.434. The molecule has 6 saturated heterocycles. The van der Waals surface area contributed by atoms with E-state index in [-0.39, 0.29) is 42.5 Å². The van der Waals surface area contributed by atoms with E-state index in [1.54, 1.807) is 60.9 Å². The Morgan fingerprint density at radius 2 is 0.850 bits per heavy atom. The summed E-state index contributed by atoms with van der Waals surface area (Å²) in [5.41, 5.74) is 10.6. The number of hydrogen-bond donors (Lipinski definition) is 0. The molecule has 6 aliphatic heterocycles. The van der Waals surface area contributed by atoms with Gasteiger partial charge in [-0.25, -0.2) is 29.9 Å². The fourth-order valence-corrected chi connectivity index (χ4v) is 18.5. The smallest absolute Gasteiger partial charge is 0.230 e. The highest BCUT2D eigenvalue weighted by molar-refractivity contribution is 7.08. The lowest BCUT2D eigenvalue weighted by atomic mass is 9.77. The Hall–Kier alpha value is -9.70. The highest BCUT2D eigenvalue weighted by atomic mass is 35.5. The molecule has 1 amide bonds. The van der Waals surface area contributed by atoms with Gasteiger partial charge < -0.3 is 62.1 Å². The SMILES string of the molecule is COc1cc2c(Oc3ccc(CC(=O)CC(C)C)c(Cl)c3)ncnc2cc1OCCCC(=O)N1CCC2(CC1)COC2.Cc1cc(CC(=O)Cc2ccc(Oc3ncnc4cc(OCCCN5CCC6(CC5)COC6)c(C)cc34)cc2Cl)ccc1Cl.Cc1cc2c(Oc3ccc(CC(=O)Cc4ccsc4)c(Cl)c3)ncnc2cc1OCCCN1CCC2(CC1)COC2. The number of likely N-dealkylation sites (tertiary alicyclic amines) is 3. The number of rotatable bonds is 34. The van der Waals surface area contributed by atoms with Crippen molar-refractivity contribution < 1.29 is 66.5 Å². The lowest BCUT2D eigenvalue weighted by molar-refractivity contribution is -0.153. The van der Waals surface area contributed by atoms with Crippen LogP contribution in [0.5, 0.6) is 57.9 Å². The number of methoxy groups -OCH3 is 1. The summed E-state index contributed by atoms with van der Waals surface area (Å²) in [7, 11) is 1.57. The molecule has 7 aromatic carbocycles. The fourth-order valence-electron chi connectivity index (χ4n) is 17.0. The van der Waals surface area contributed by atoms with Crippen LogP contribution in [0.2, 0.25) is 20.1 Å². The Bertz CT molecular complexity index is 5710. The van der Waals surface area contributed by atoms with Gasteiger partial charge >= 0.3 is 0 Å². The average Bonchev–Trinajstić information content (AvgIpc) is 0.945. The number of hydrogen-bond acceptors (Lipinski definition) is 23. The van der Waals surface area contributed by atoms with Gasteiger partial charge in [-0.3, -0.25) is 19.2 Å². The maximum Gasteiger partial charge on any atom is 0.230 e. The number of Topliss-reactive ketones (excluding diaryl/α,β-unsaturated/α-hetero) is 3. The van der Waals surface area contributed by atoms with E-state index < -0.39 is 0 Å². The topological polar surface area (TPSA) is 248 Å². The summed E-state index contributed by atoms with van der Waals surface area (Å²) >= 11 is 27.3. The van der Waals surface area contributed by atoms with Gasteiger partial charge in [0.05, 0.1) is 99.3 Å². The number of piperidine rings is 3. The largest absolute Gasteiger partial charge is 0.493 e. The van der Waals surface area contributed by atoms with E-state index in [0.29, 0.717) is 151 Å². The summed E-state index contributed by atoms with van der Waals surface area (Å²) in [6, 6.07) is 35.1. The van der Waals surface area contributed by atoms with Gasteiger partial charge in [0, 0.05) is 126 Å². The van der Waals surface area contributed by atoms with Crippen molar-refractivity contribution in [2.45, 2.75) is 137 Å². The van der Waals surface area contributed by atoms with Gasteiger partial charge in [-0.15, -0.1) is 0 Å². The number of ether oxygens (including phenoxy) is 10. The van der Waals surface area contributed by atoms with E-state index in [1.165, 1.54) is 44.7 Å². The molecule has 0 aliphatic carbocycles. The number of aryl methyl sites for hydroxylation is 3. The lowest BCUT2D eigenvalue weighted by Gasteiger charge is -2.47. The number of benzene rings is 7. The summed E-state index contributed by atoms with van der Waals surface area (Å²) in [5.74, 6) is 6.30. The number of aromatic nitrogens is 6. The molecule has 127 heavy (non-hydrogen) atoms. The summed E-state index contributed by atoms with van der Waals surface area (Å²) < 4.78 is 58.6. The summed E-state index contributed by atoms with van der Waals surface area (Å²) in [4.78, 5) is 83.6. The summed E-state index contributed by atoms with van der Waals surface area (Å²) in [5, 5.41) is 8.31. The number of carbonyl (C=O) groups is 4. The van der Waals surface area contributed by atoms with Gasteiger partial charge in [-0.1, -0.05) is 90.6 Å². The number of thiophene rings is 1.